The molecule has 0 amide bonds. The molecule has 2 fully saturated rings. The molecule has 0 atom stereocenters. The molecule has 0 radical (unpaired) electrons. The topological polar surface area (TPSA) is 31.8 Å². The van der Waals surface area contributed by atoms with Gasteiger partial charge in [-0.05, 0) is 41.8 Å². The van der Waals surface area contributed by atoms with E-state index in [4.69, 9.17) is 9.72 Å². The molecule has 0 spiro atoms. The van der Waals surface area contributed by atoms with Crippen LogP contribution in [0.4, 0.5) is 11.5 Å². The Bertz CT molecular complexity index is 1060. The third kappa shape index (κ3) is 4.64. The Morgan fingerprint density at radius 3 is 2.34 bits per heavy atom. The Morgan fingerprint density at radius 2 is 1.59 bits per heavy atom. The largest absolute Gasteiger partial charge is 0.378 e. The van der Waals surface area contributed by atoms with E-state index in [2.05, 4.69) is 88.4 Å². The highest BCUT2D eigenvalue weighted by Gasteiger charge is 2.19. The number of fused-ring (bicyclic) bond motifs is 1. The van der Waals surface area contributed by atoms with Crippen LogP contribution < -0.4 is 9.80 Å². The highest BCUT2D eigenvalue weighted by atomic mass is 16.5. The molecule has 2 saturated heterocycles. The third-order valence-electron chi connectivity index (χ3n) is 6.57. The van der Waals surface area contributed by atoms with Crippen LogP contribution >= 0.6 is 0 Å². The first-order chi connectivity index (χ1) is 15.8. The standard InChI is InChI=1S/C27H32N4O/c1-2-29-13-15-31(16-14-29)27-26-6-4-3-5-23(26)21-24(28-27)10-7-22-8-11-25(12-9-22)30-17-19-32-20-18-30/h3-12,21H,2,13-20H2,1H3. The van der Waals surface area contributed by atoms with E-state index < -0.39 is 0 Å². The van der Waals surface area contributed by atoms with Crippen LogP contribution in [0, 0.1) is 0 Å². The minimum atomic E-state index is 0.811. The molecule has 1 aromatic heterocycles. The summed E-state index contributed by atoms with van der Waals surface area (Å²) >= 11 is 0. The van der Waals surface area contributed by atoms with E-state index in [9.17, 15) is 0 Å². The van der Waals surface area contributed by atoms with Crippen molar-refractivity contribution in [2.75, 3.05) is 68.8 Å². The van der Waals surface area contributed by atoms with E-state index in [1.807, 2.05) is 0 Å². The third-order valence-corrected chi connectivity index (χ3v) is 6.57. The van der Waals surface area contributed by atoms with Crippen molar-refractivity contribution in [3.05, 3.63) is 65.9 Å². The summed E-state index contributed by atoms with van der Waals surface area (Å²) < 4.78 is 5.46. The summed E-state index contributed by atoms with van der Waals surface area (Å²) in [5.41, 5.74) is 3.46. The Labute approximate surface area is 190 Å². The lowest BCUT2D eigenvalue weighted by atomic mass is 10.1. The molecular weight excluding hydrogens is 396 g/mol. The second-order valence-corrected chi connectivity index (χ2v) is 8.54. The molecule has 2 aromatic carbocycles. The molecule has 2 aliphatic heterocycles. The molecule has 3 aromatic rings. The fourth-order valence-corrected chi connectivity index (χ4v) is 4.60. The Balaban J connectivity index is 1.37. The van der Waals surface area contributed by atoms with Gasteiger partial charge in [0.05, 0.1) is 18.9 Å². The lowest BCUT2D eigenvalue weighted by Gasteiger charge is -2.35. The Morgan fingerprint density at radius 1 is 0.844 bits per heavy atom. The number of aromatic nitrogens is 1. The number of rotatable bonds is 5. The summed E-state index contributed by atoms with van der Waals surface area (Å²) in [6, 6.07) is 19.6. The molecule has 0 N–H and O–H groups in total. The van der Waals surface area contributed by atoms with Crippen LogP contribution in [0.1, 0.15) is 18.2 Å². The summed E-state index contributed by atoms with van der Waals surface area (Å²) in [7, 11) is 0. The van der Waals surface area contributed by atoms with Gasteiger partial charge in [0.15, 0.2) is 0 Å². The second-order valence-electron chi connectivity index (χ2n) is 8.54. The summed E-state index contributed by atoms with van der Waals surface area (Å²) in [6.07, 6.45) is 4.31. The van der Waals surface area contributed by atoms with Gasteiger partial charge < -0.3 is 19.4 Å². The molecule has 0 bridgehead atoms. The van der Waals surface area contributed by atoms with Crippen molar-refractivity contribution in [3.8, 4) is 0 Å². The van der Waals surface area contributed by atoms with Gasteiger partial charge in [-0.25, -0.2) is 4.98 Å². The van der Waals surface area contributed by atoms with E-state index in [-0.39, 0.29) is 0 Å². The number of morpholine rings is 1. The van der Waals surface area contributed by atoms with E-state index in [1.165, 1.54) is 22.0 Å². The van der Waals surface area contributed by atoms with Crippen LogP contribution in [0.15, 0.2) is 54.6 Å². The Hall–Kier alpha value is -2.89. The first-order valence-corrected chi connectivity index (χ1v) is 11.8. The van der Waals surface area contributed by atoms with Crippen LogP contribution in [0.2, 0.25) is 0 Å². The van der Waals surface area contributed by atoms with Gasteiger partial charge in [-0.1, -0.05) is 49.4 Å². The van der Waals surface area contributed by atoms with Crippen molar-refractivity contribution in [1.82, 2.24) is 9.88 Å². The maximum atomic E-state index is 5.46. The minimum absolute atomic E-state index is 0.811. The Kier molecular flexibility index (Phi) is 6.37. The minimum Gasteiger partial charge on any atom is -0.378 e. The average molecular weight is 429 g/mol. The zero-order valence-corrected chi connectivity index (χ0v) is 18.9. The monoisotopic (exact) mass is 428 g/mol. The number of ether oxygens (including phenoxy) is 1. The molecule has 3 heterocycles. The van der Waals surface area contributed by atoms with Crippen molar-refractivity contribution in [2.24, 2.45) is 0 Å². The molecule has 0 saturated carbocycles. The van der Waals surface area contributed by atoms with Crippen LogP contribution in [-0.4, -0.2) is 68.9 Å². The number of pyridine rings is 1. The summed E-state index contributed by atoms with van der Waals surface area (Å²) in [4.78, 5) is 12.4. The zero-order chi connectivity index (χ0) is 21.8. The normalized spacial score (nSPS) is 18.0. The van der Waals surface area contributed by atoms with Gasteiger partial charge in [-0.3, -0.25) is 0 Å². The second kappa shape index (κ2) is 9.72. The molecule has 5 nitrogen and oxygen atoms in total. The number of hydrogen-bond donors (Lipinski definition) is 0. The maximum Gasteiger partial charge on any atom is 0.137 e. The van der Waals surface area contributed by atoms with E-state index in [0.717, 1.165) is 70.5 Å². The van der Waals surface area contributed by atoms with Gasteiger partial charge in [0, 0.05) is 50.3 Å². The zero-order valence-electron chi connectivity index (χ0n) is 18.9. The molecule has 5 rings (SSSR count). The predicted molar refractivity (Wildman–Crippen MR) is 134 cm³/mol. The van der Waals surface area contributed by atoms with Gasteiger partial charge in [-0.15, -0.1) is 0 Å². The van der Waals surface area contributed by atoms with Crippen molar-refractivity contribution in [1.29, 1.82) is 0 Å². The van der Waals surface area contributed by atoms with Crippen molar-refractivity contribution >= 4 is 34.4 Å². The summed E-state index contributed by atoms with van der Waals surface area (Å²) in [6.45, 7) is 11.2. The van der Waals surface area contributed by atoms with E-state index in [1.54, 1.807) is 0 Å². The summed E-state index contributed by atoms with van der Waals surface area (Å²) in [5, 5.41) is 2.49. The quantitative estimate of drug-likeness (QED) is 0.602. The lowest BCUT2D eigenvalue weighted by Crippen LogP contribution is -2.46. The predicted octanol–water partition coefficient (Wildman–Crippen LogP) is 4.38. The molecule has 0 unspecified atom stereocenters. The van der Waals surface area contributed by atoms with E-state index >= 15 is 0 Å². The molecule has 166 valence electrons. The van der Waals surface area contributed by atoms with Crippen LogP contribution in [0.3, 0.4) is 0 Å². The van der Waals surface area contributed by atoms with Gasteiger partial charge in [0.25, 0.3) is 0 Å². The molecule has 32 heavy (non-hydrogen) atoms. The number of anilines is 2. The highest BCUT2D eigenvalue weighted by Crippen LogP contribution is 2.27. The molecule has 2 aliphatic rings. The fourth-order valence-electron chi connectivity index (χ4n) is 4.60. The van der Waals surface area contributed by atoms with Gasteiger partial charge >= 0.3 is 0 Å². The first kappa shape index (κ1) is 21.0. The number of nitrogens with zero attached hydrogens (tertiary/aromatic N) is 4. The fraction of sp³-hybridized carbons (Fsp3) is 0.370. The van der Waals surface area contributed by atoms with Crippen LogP contribution in [0.25, 0.3) is 22.9 Å². The van der Waals surface area contributed by atoms with Gasteiger partial charge in [0.2, 0.25) is 0 Å². The van der Waals surface area contributed by atoms with Crippen LogP contribution in [0.5, 0.6) is 0 Å². The van der Waals surface area contributed by atoms with Gasteiger partial charge in [0.1, 0.15) is 5.82 Å². The summed E-state index contributed by atoms with van der Waals surface area (Å²) in [5.74, 6) is 1.11. The van der Waals surface area contributed by atoms with Crippen molar-refractivity contribution < 1.29 is 4.74 Å². The van der Waals surface area contributed by atoms with Gasteiger partial charge in [-0.2, -0.15) is 0 Å². The van der Waals surface area contributed by atoms with Crippen molar-refractivity contribution in [3.63, 3.8) is 0 Å². The number of piperazine rings is 1. The number of benzene rings is 2. The maximum absolute atomic E-state index is 5.46. The van der Waals surface area contributed by atoms with Crippen molar-refractivity contribution in [2.45, 2.75) is 6.92 Å². The highest BCUT2D eigenvalue weighted by molar-refractivity contribution is 5.94. The molecule has 5 heteroatoms. The number of hydrogen-bond acceptors (Lipinski definition) is 5. The van der Waals surface area contributed by atoms with Crippen LogP contribution in [-0.2, 0) is 4.74 Å². The molecule has 0 aliphatic carbocycles. The number of likely N-dealkylation sites (N-methyl/N-ethyl adjacent to an activating group) is 1. The molecular formula is C27H32N4O. The average Bonchev–Trinajstić information content (AvgIpc) is 2.88. The van der Waals surface area contributed by atoms with E-state index in [0.29, 0.717) is 0 Å². The SMILES string of the molecule is CCN1CCN(c2nc(C=Cc3ccc(N4CCOCC4)cc3)cc3ccccc23)CC1. The smallest absolute Gasteiger partial charge is 0.137 e. The first-order valence-electron chi connectivity index (χ1n) is 11.8. The lowest BCUT2D eigenvalue weighted by molar-refractivity contribution is 0.122.